The third kappa shape index (κ3) is 3.20. The molecule has 0 radical (unpaired) electrons. The van der Waals surface area contributed by atoms with E-state index in [-0.39, 0.29) is 0 Å². The van der Waals surface area contributed by atoms with Crippen LogP contribution in [0.3, 0.4) is 0 Å². The van der Waals surface area contributed by atoms with Gasteiger partial charge in [0, 0.05) is 6.42 Å². The average Bonchev–Trinajstić information content (AvgIpc) is 1.94. The third-order valence-electron chi connectivity index (χ3n) is 1.72. The summed E-state index contributed by atoms with van der Waals surface area (Å²) in [6.45, 7) is 0.623. The van der Waals surface area contributed by atoms with Crippen LogP contribution in [0, 0.1) is 0 Å². The Hall–Kier alpha value is -0.210. The average molecular weight is 210 g/mol. The van der Waals surface area contributed by atoms with Crippen LogP contribution in [0.1, 0.15) is 25.7 Å². The molecule has 0 aliphatic carbocycles. The van der Waals surface area contributed by atoms with Crippen LogP contribution in [0.15, 0.2) is 0 Å². The van der Waals surface area contributed by atoms with Gasteiger partial charge in [-0.3, -0.25) is 5.73 Å². The fraction of sp³-hybridized carbons (Fsp3) is 1.00. The van der Waals surface area contributed by atoms with Crippen molar-refractivity contribution in [2.75, 3.05) is 6.54 Å². The molecule has 1 rings (SSSR count). The van der Waals surface area contributed by atoms with Gasteiger partial charge in [0.25, 0.3) is 5.91 Å². The minimum absolute atomic E-state index is 0.367. The molecule has 0 bridgehead atoms. The summed E-state index contributed by atoms with van der Waals surface area (Å²) in [7, 11) is -3.78. The summed E-state index contributed by atoms with van der Waals surface area (Å²) >= 11 is 0. The van der Waals surface area contributed by atoms with E-state index < -0.39 is 16.3 Å². The Balaban J connectivity index is 2.16. The van der Waals surface area contributed by atoms with Crippen molar-refractivity contribution in [3.05, 3.63) is 0 Å². The molecule has 6 nitrogen and oxygen atoms in total. The molecule has 1 aliphatic rings. The number of rotatable bonds is 5. The molecule has 1 fully saturated rings. The van der Waals surface area contributed by atoms with Gasteiger partial charge in [0.15, 0.2) is 0 Å². The molecule has 1 saturated heterocycles. The quantitative estimate of drug-likeness (QED) is 0.588. The highest BCUT2D eigenvalue weighted by Crippen LogP contribution is 2.30. The molecule has 0 aromatic heterocycles. The SMILES string of the molecule is NCCCCCC1(N)OS(=O)(=O)O1. The Bertz CT molecular complexity index is 252. The minimum Gasteiger partial charge on any atom is -0.330 e. The van der Waals surface area contributed by atoms with Gasteiger partial charge in [0.05, 0.1) is 0 Å². The van der Waals surface area contributed by atoms with Gasteiger partial charge in [-0.15, -0.1) is 0 Å². The van der Waals surface area contributed by atoms with Crippen molar-refractivity contribution in [1.29, 1.82) is 0 Å². The third-order valence-corrected chi connectivity index (χ3v) is 2.69. The summed E-state index contributed by atoms with van der Waals surface area (Å²) < 4.78 is 29.7. The Morgan fingerprint density at radius 3 is 2.23 bits per heavy atom. The topological polar surface area (TPSA) is 105 Å². The summed E-state index contributed by atoms with van der Waals surface area (Å²) in [5, 5.41) is 0. The second kappa shape index (κ2) is 3.89. The minimum atomic E-state index is -3.78. The molecule has 13 heavy (non-hydrogen) atoms. The molecule has 0 saturated carbocycles. The lowest BCUT2D eigenvalue weighted by atomic mass is 10.1. The first kappa shape index (κ1) is 10.9. The summed E-state index contributed by atoms with van der Waals surface area (Å²) in [6.07, 6.45) is 2.89. The number of unbranched alkanes of at least 4 members (excludes halogenated alkanes) is 2. The Labute approximate surface area is 77.5 Å². The van der Waals surface area contributed by atoms with E-state index in [0.29, 0.717) is 13.0 Å². The molecule has 4 N–H and O–H groups in total. The van der Waals surface area contributed by atoms with Crippen molar-refractivity contribution in [3.63, 3.8) is 0 Å². The monoisotopic (exact) mass is 210 g/mol. The first-order valence-corrected chi connectivity index (χ1v) is 5.46. The van der Waals surface area contributed by atoms with E-state index in [2.05, 4.69) is 8.37 Å². The zero-order valence-corrected chi connectivity index (χ0v) is 8.05. The predicted molar refractivity (Wildman–Crippen MR) is 45.5 cm³/mol. The molecule has 7 heteroatoms. The van der Waals surface area contributed by atoms with Crippen LogP contribution < -0.4 is 11.5 Å². The molecule has 0 aromatic rings. The lowest BCUT2D eigenvalue weighted by Gasteiger charge is -2.34. The van der Waals surface area contributed by atoms with Crippen molar-refractivity contribution in [3.8, 4) is 0 Å². The summed E-state index contributed by atoms with van der Waals surface area (Å²) in [5.41, 5.74) is 10.7. The van der Waals surface area contributed by atoms with Gasteiger partial charge < -0.3 is 5.73 Å². The summed E-state index contributed by atoms with van der Waals surface area (Å²) in [5.74, 6) is -1.42. The smallest absolute Gasteiger partial charge is 0.330 e. The number of hydrogen-bond acceptors (Lipinski definition) is 6. The molecular formula is C6H14N2O4S. The zero-order valence-electron chi connectivity index (χ0n) is 7.23. The van der Waals surface area contributed by atoms with Crippen LogP contribution in [0.25, 0.3) is 0 Å². The number of hydrogen-bond donors (Lipinski definition) is 2. The number of nitrogens with two attached hydrogens (primary N) is 2. The van der Waals surface area contributed by atoms with Crippen molar-refractivity contribution in [2.45, 2.75) is 31.6 Å². The van der Waals surface area contributed by atoms with Crippen LogP contribution in [0.4, 0.5) is 0 Å². The molecule has 1 aliphatic heterocycles. The molecule has 0 spiro atoms. The van der Waals surface area contributed by atoms with E-state index >= 15 is 0 Å². The van der Waals surface area contributed by atoms with Crippen LogP contribution in [-0.2, 0) is 18.8 Å². The second-order valence-corrected chi connectivity index (χ2v) is 4.14. The maximum atomic E-state index is 10.4. The molecule has 0 amide bonds. The van der Waals surface area contributed by atoms with Crippen molar-refractivity contribution < 1.29 is 16.8 Å². The van der Waals surface area contributed by atoms with Gasteiger partial charge in [-0.05, 0) is 19.4 Å². The first-order valence-electron chi connectivity index (χ1n) is 4.13. The lowest BCUT2D eigenvalue weighted by Crippen LogP contribution is -2.57. The van der Waals surface area contributed by atoms with Gasteiger partial charge in [-0.1, -0.05) is 6.42 Å². The molecule has 0 atom stereocenters. The zero-order chi connectivity index (χ0) is 9.95. The fourth-order valence-electron chi connectivity index (χ4n) is 1.13. The van der Waals surface area contributed by atoms with E-state index in [0.717, 1.165) is 19.3 Å². The first-order chi connectivity index (χ1) is 5.97. The largest absolute Gasteiger partial charge is 0.407 e. The van der Waals surface area contributed by atoms with Gasteiger partial charge in [0.2, 0.25) is 0 Å². The van der Waals surface area contributed by atoms with Crippen LogP contribution >= 0.6 is 0 Å². The van der Waals surface area contributed by atoms with Gasteiger partial charge in [-0.25, -0.2) is 0 Å². The Morgan fingerprint density at radius 1 is 1.15 bits per heavy atom. The van der Waals surface area contributed by atoms with E-state index in [1.165, 1.54) is 0 Å². The summed E-state index contributed by atoms with van der Waals surface area (Å²) in [4.78, 5) is 0. The second-order valence-electron chi connectivity index (χ2n) is 2.99. The van der Waals surface area contributed by atoms with Crippen molar-refractivity contribution in [2.24, 2.45) is 11.5 Å². The molecular weight excluding hydrogens is 196 g/mol. The van der Waals surface area contributed by atoms with E-state index in [1.54, 1.807) is 0 Å². The van der Waals surface area contributed by atoms with E-state index in [1.807, 2.05) is 0 Å². The van der Waals surface area contributed by atoms with E-state index in [9.17, 15) is 8.42 Å². The lowest BCUT2D eigenvalue weighted by molar-refractivity contribution is -0.187. The highest BCUT2D eigenvalue weighted by molar-refractivity contribution is 7.82. The standard InChI is InChI=1S/C6H14N2O4S/c7-5-3-1-2-4-6(8)11-13(9,10)12-6/h1-5,7-8H2. The van der Waals surface area contributed by atoms with E-state index in [4.69, 9.17) is 11.5 Å². The van der Waals surface area contributed by atoms with Crippen molar-refractivity contribution in [1.82, 2.24) is 0 Å². The molecule has 78 valence electrons. The predicted octanol–water partition coefficient (Wildman–Crippen LogP) is -0.590. The van der Waals surface area contributed by atoms with Crippen molar-refractivity contribution >= 4 is 10.4 Å². The normalized spacial score (nSPS) is 23.8. The van der Waals surface area contributed by atoms with Gasteiger partial charge in [0.1, 0.15) is 0 Å². The molecule has 0 aromatic carbocycles. The molecule has 0 unspecified atom stereocenters. The molecule has 1 heterocycles. The van der Waals surface area contributed by atoms with Gasteiger partial charge >= 0.3 is 10.4 Å². The fourth-order valence-corrected chi connectivity index (χ4v) is 2.00. The highest BCUT2D eigenvalue weighted by atomic mass is 32.3. The maximum Gasteiger partial charge on any atom is 0.407 e. The highest BCUT2D eigenvalue weighted by Gasteiger charge is 2.48. The summed E-state index contributed by atoms with van der Waals surface area (Å²) in [6, 6.07) is 0. The van der Waals surface area contributed by atoms with Crippen LogP contribution in [0.2, 0.25) is 0 Å². The Morgan fingerprint density at radius 2 is 1.77 bits per heavy atom. The van der Waals surface area contributed by atoms with Crippen LogP contribution in [0.5, 0.6) is 0 Å². The Kier molecular flexibility index (Phi) is 3.25. The van der Waals surface area contributed by atoms with Gasteiger partial charge in [-0.2, -0.15) is 16.8 Å². The maximum absolute atomic E-state index is 10.4. The van der Waals surface area contributed by atoms with Crippen LogP contribution in [-0.4, -0.2) is 20.9 Å².